The van der Waals surface area contributed by atoms with E-state index < -0.39 is 0 Å². The van der Waals surface area contributed by atoms with Gasteiger partial charge < -0.3 is 5.02 Å². The fraction of sp³-hybridized carbons (Fsp3) is 0.231. The first kappa shape index (κ1) is 11.8. The molecule has 0 aliphatic rings. The molecule has 15 heavy (non-hydrogen) atoms. The largest absolute Gasteiger partial charge is 0.449 e. The minimum Gasteiger partial charge on any atom is -0.449 e. The molecule has 0 radical (unpaired) electrons. The van der Waals surface area contributed by atoms with E-state index >= 15 is 0 Å². The predicted molar refractivity (Wildman–Crippen MR) is 68.5 cm³/mol. The summed E-state index contributed by atoms with van der Waals surface area (Å²) in [5.74, 6) is 0. The van der Waals surface area contributed by atoms with Crippen LogP contribution in [0.5, 0.6) is 0 Å². The van der Waals surface area contributed by atoms with Crippen LogP contribution in [0.25, 0.3) is 5.57 Å². The molecule has 0 bridgehead atoms. The van der Waals surface area contributed by atoms with E-state index in [9.17, 15) is 0 Å². The van der Waals surface area contributed by atoms with E-state index in [0.29, 0.717) is 0 Å². The van der Waals surface area contributed by atoms with Crippen molar-refractivity contribution in [2.24, 2.45) is 0 Å². The number of allylic oxidation sites excluding steroid dienone is 4. The molecule has 0 saturated carbocycles. The Bertz CT molecular complexity index is 349. The highest BCUT2D eigenvalue weighted by atomic mass is 16.2. The zero-order valence-corrected chi connectivity index (χ0v) is 9.40. The number of hydrogen-bond donors (Lipinski definition) is 1. The molecule has 2 heteroatoms. The topological polar surface area (TPSA) is 20.2 Å². The second-order valence-electron chi connectivity index (χ2n) is 3.54. The summed E-state index contributed by atoms with van der Waals surface area (Å²) in [5.41, 5.74) is 3.40. The third-order valence-corrected chi connectivity index (χ3v) is 2.31. The minimum atomic E-state index is 0.110. The van der Waals surface area contributed by atoms with Gasteiger partial charge in [-0.2, -0.15) is 0 Å². The molecule has 1 N–H and O–H groups in total. The van der Waals surface area contributed by atoms with Gasteiger partial charge in [-0.25, -0.2) is 0 Å². The normalized spacial score (nSPS) is 12.1. The van der Waals surface area contributed by atoms with Crippen molar-refractivity contribution in [2.75, 3.05) is 0 Å². The highest BCUT2D eigenvalue weighted by molar-refractivity contribution is 6.45. The van der Waals surface area contributed by atoms with Crippen LogP contribution in [0, 0.1) is 0 Å². The summed E-state index contributed by atoms with van der Waals surface area (Å²) in [6, 6.07) is 7.99. The summed E-state index contributed by atoms with van der Waals surface area (Å²) in [4.78, 5) is 0. The highest BCUT2D eigenvalue weighted by Crippen LogP contribution is 2.11. The Morgan fingerprint density at radius 1 is 1.33 bits per heavy atom. The molecular formula is C13H17BO. The van der Waals surface area contributed by atoms with Gasteiger partial charge in [0.15, 0.2) is 0 Å². The third-order valence-electron chi connectivity index (χ3n) is 2.31. The second-order valence-corrected chi connectivity index (χ2v) is 3.54. The number of hydrogen-bond acceptors (Lipinski definition) is 1. The Labute approximate surface area is 92.4 Å². The van der Waals surface area contributed by atoms with Gasteiger partial charge in [-0.05, 0) is 24.5 Å². The van der Waals surface area contributed by atoms with Crippen LogP contribution in [0.15, 0.2) is 42.5 Å². The molecule has 0 heterocycles. The number of benzene rings is 1. The van der Waals surface area contributed by atoms with Crippen LogP contribution >= 0.6 is 0 Å². The lowest BCUT2D eigenvalue weighted by molar-refractivity contribution is 0.615. The summed E-state index contributed by atoms with van der Waals surface area (Å²) < 4.78 is 0. The smallest absolute Gasteiger partial charge is 0.304 e. The molecule has 78 valence electrons. The Kier molecular flexibility index (Phi) is 4.92. The molecule has 0 aliphatic heterocycles. The summed E-state index contributed by atoms with van der Waals surface area (Å²) in [7, 11) is 0.110. The van der Waals surface area contributed by atoms with Crippen LogP contribution in [0.2, 0.25) is 0 Å². The van der Waals surface area contributed by atoms with E-state index in [0.717, 1.165) is 11.9 Å². The van der Waals surface area contributed by atoms with Gasteiger partial charge in [0.1, 0.15) is 0 Å². The molecule has 0 aromatic heterocycles. The van der Waals surface area contributed by atoms with Gasteiger partial charge in [0.2, 0.25) is 0 Å². The van der Waals surface area contributed by atoms with Gasteiger partial charge in [-0.3, -0.25) is 0 Å². The van der Waals surface area contributed by atoms with Crippen molar-refractivity contribution in [1.29, 1.82) is 0 Å². The lowest BCUT2D eigenvalue weighted by Crippen LogP contribution is -2.12. The lowest BCUT2D eigenvalue weighted by Gasteiger charge is -2.01. The molecular weight excluding hydrogens is 183 g/mol. The van der Waals surface area contributed by atoms with Gasteiger partial charge in [0, 0.05) is 0 Å². The summed E-state index contributed by atoms with van der Waals surface area (Å²) >= 11 is 0. The molecule has 0 saturated heterocycles. The van der Waals surface area contributed by atoms with Crippen LogP contribution in [-0.2, 0) is 0 Å². The van der Waals surface area contributed by atoms with Crippen molar-refractivity contribution in [3.05, 3.63) is 48.1 Å². The quantitative estimate of drug-likeness (QED) is 0.582. The van der Waals surface area contributed by atoms with Crippen molar-refractivity contribution in [3.63, 3.8) is 0 Å². The number of rotatable bonds is 4. The maximum absolute atomic E-state index is 8.91. The van der Waals surface area contributed by atoms with E-state index in [1.165, 1.54) is 11.1 Å². The highest BCUT2D eigenvalue weighted by Gasteiger charge is 1.95. The van der Waals surface area contributed by atoms with Gasteiger partial charge >= 0.3 is 7.48 Å². The molecule has 1 aromatic carbocycles. The zero-order valence-electron chi connectivity index (χ0n) is 9.40. The van der Waals surface area contributed by atoms with Crippen molar-refractivity contribution >= 4 is 18.5 Å². The fourth-order valence-electron chi connectivity index (χ4n) is 1.32. The van der Waals surface area contributed by atoms with Gasteiger partial charge in [-0.1, -0.05) is 54.9 Å². The second kappa shape index (κ2) is 6.25. The Morgan fingerprint density at radius 3 is 2.53 bits per heavy atom. The van der Waals surface area contributed by atoms with E-state index in [-0.39, 0.29) is 7.48 Å². The van der Waals surface area contributed by atoms with Crippen molar-refractivity contribution in [3.8, 4) is 0 Å². The monoisotopic (exact) mass is 200 g/mol. The molecule has 1 nitrogen and oxygen atoms in total. The van der Waals surface area contributed by atoms with Gasteiger partial charge in [-0.15, -0.1) is 0 Å². The SMILES string of the molecule is CC/C=C\C=C(/C)c1ccc(BO)cc1. The molecule has 0 spiro atoms. The van der Waals surface area contributed by atoms with Crippen molar-refractivity contribution in [2.45, 2.75) is 20.3 Å². The predicted octanol–water partition coefficient (Wildman–Crippen LogP) is 2.03. The van der Waals surface area contributed by atoms with Crippen LogP contribution in [-0.4, -0.2) is 12.5 Å². The summed E-state index contributed by atoms with van der Waals surface area (Å²) in [6.45, 7) is 4.21. The Morgan fingerprint density at radius 2 is 2.00 bits per heavy atom. The average molecular weight is 200 g/mol. The lowest BCUT2D eigenvalue weighted by atomic mass is 9.87. The van der Waals surface area contributed by atoms with Crippen LogP contribution in [0.1, 0.15) is 25.8 Å². The van der Waals surface area contributed by atoms with Crippen LogP contribution in [0.4, 0.5) is 0 Å². The Balaban J connectivity index is 2.77. The van der Waals surface area contributed by atoms with Crippen LogP contribution < -0.4 is 5.46 Å². The molecule has 1 aromatic rings. The molecule has 1 rings (SSSR count). The van der Waals surface area contributed by atoms with Crippen molar-refractivity contribution in [1.82, 2.24) is 0 Å². The zero-order chi connectivity index (χ0) is 11.1. The van der Waals surface area contributed by atoms with E-state index in [2.05, 4.69) is 32.1 Å². The minimum absolute atomic E-state index is 0.110. The third kappa shape index (κ3) is 3.76. The van der Waals surface area contributed by atoms with Crippen molar-refractivity contribution < 1.29 is 5.02 Å². The molecule has 0 atom stereocenters. The molecule has 0 amide bonds. The maximum atomic E-state index is 8.91. The van der Waals surface area contributed by atoms with E-state index in [1.807, 2.05) is 24.3 Å². The molecule has 0 aliphatic carbocycles. The average Bonchev–Trinajstić information content (AvgIpc) is 2.29. The van der Waals surface area contributed by atoms with Gasteiger partial charge in [0.05, 0.1) is 0 Å². The first-order valence-corrected chi connectivity index (χ1v) is 5.31. The van der Waals surface area contributed by atoms with E-state index in [4.69, 9.17) is 5.02 Å². The van der Waals surface area contributed by atoms with Crippen LogP contribution in [0.3, 0.4) is 0 Å². The fourth-order valence-corrected chi connectivity index (χ4v) is 1.32. The Hall–Kier alpha value is -1.28. The first-order chi connectivity index (χ1) is 7.27. The van der Waals surface area contributed by atoms with E-state index in [1.54, 1.807) is 0 Å². The molecule has 0 unspecified atom stereocenters. The summed E-state index contributed by atoms with van der Waals surface area (Å²) in [6.07, 6.45) is 7.38. The first-order valence-electron chi connectivity index (χ1n) is 5.31. The standard InChI is InChI=1S/C13H17BO/c1-3-4-5-6-11(2)12-7-9-13(14-15)10-8-12/h4-10,14-15H,3H2,1-2H3/b5-4-,11-6+. The maximum Gasteiger partial charge on any atom is 0.304 e. The molecule has 0 fully saturated rings. The van der Waals surface area contributed by atoms with Gasteiger partial charge in [0.25, 0.3) is 0 Å². The summed E-state index contributed by atoms with van der Waals surface area (Å²) in [5, 5.41) is 8.91.